The number of sulfonamides is 1. The molecule has 0 aromatic heterocycles. The third kappa shape index (κ3) is 3.63. The van der Waals surface area contributed by atoms with Crippen LogP contribution in [0.25, 0.3) is 0 Å². The van der Waals surface area contributed by atoms with Crippen LogP contribution < -0.4 is 10.6 Å². The summed E-state index contributed by atoms with van der Waals surface area (Å²) >= 11 is 0. The highest BCUT2D eigenvalue weighted by Crippen LogP contribution is 2.39. The number of nitrogens with one attached hydrogen (secondary N) is 2. The summed E-state index contributed by atoms with van der Waals surface area (Å²) in [6, 6.07) is 16.6. The Hall–Kier alpha value is -1.89. The van der Waals surface area contributed by atoms with Crippen molar-refractivity contribution in [2.45, 2.75) is 17.6 Å². The maximum absolute atomic E-state index is 12.7. The summed E-state index contributed by atoms with van der Waals surface area (Å²) in [5, 5.41) is 5.93. The average molecular weight is 374 g/mol. The van der Waals surface area contributed by atoms with Crippen LogP contribution in [0.1, 0.15) is 34.3 Å². The van der Waals surface area contributed by atoms with E-state index in [2.05, 4.69) is 47.0 Å². The van der Waals surface area contributed by atoms with E-state index in [9.17, 15) is 8.42 Å². The van der Waals surface area contributed by atoms with Crippen LogP contribution in [-0.2, 0) is 10.0 Å². The highest BCUT2D eigenvalue weighted by molar-refractivity contribution is 7.89. The number of anilines is 1. The van der Waals surface area contributed by atoms with Gasteiger partial charge in [-0.25, -0.2) is 12.7 Å². The fraction of sp³-hybridized carbons (Fsp3) is 0.400. The molecule has 2 N–H and O–H groups in total. The van der Waals surface area contributed by atoms with Gasteiger partial charge in [0.1, 0.15) is 5.25 Å². The summed E-state index contributed by atoms with van der Waals surface area (Å²) in [4.78, 5) is 0. The topological polar surface area (TPSA) is 61.4 Å². The Morgan fingerprint density at radius 1 is 1.15 bits per heavy atom. The molecule has 140 valence electrons. The fourth-order valence-corrected chi connectivity index (χ4v) is 4.88. The van der Waals surface area contributed by atoms with Crippen molar-refractivity contribution in [1.82, 2.24) is 9.62 Å². The zero-order valence-electron chi connectivity index (χ0n) is 15.6. The summed E-state index contributed by atoms with van der Waals surface area (Å²) < 4.78 is 26.7. The second-order valence-electron chi connectivity index (χ2n) is 6.90. The minimum Gasteiger partial charge on any atom is -0.383 e. The number of hydrogen-bond acceptors (Lipinski definition) is 4. The molecule has 0 amide bonds. The molecule has 1 heterocycles. The van der Waals surface area contributed by atoms with Crippen molar-refractivity contribution in [3.63, 3.8) is 0 Å². The Balaban J connectivity index is 2.01. The van der Waals surface area contributed by atoms with Gasteiger partial charge in [-0.3, -0.25) is 0 Å². The number of hydrogen-bond donors (Lipinski definition) is 2. The van der Waals surface area contributed by atoms with E-state index < -0.39 is 15.3 Å². The highest BCUT2D eigenvalue weighted by Gasteiger charge is 2.35. The van der Waals surface area contributed by atoms with Crippen LogP contribution in [0.5, 0.6) is 0 Å². The summed E-state index contributed by atoms with van der Waals surface area (Å²) in [6.07, 6.45) is 0.956. The molecule has 26 heavy (non-hydrogen) atoms. The van der Waals surface area contributed by atoms with E-state index in [1.807, 2.05) is 19.2 Å². The quantitative estimate of drug-likeness (QED) is 0.783. The van der Waals surface area contributed by atoms with Crippen LogP contribution in [-0.4, -0.2) is 47.0 Å². The molecule has 0 aliphatic carbocycles. The van der Waals surface area contributed by atoms with Crippen LogP contribution in [0.3, 0.4) is 0 Å². The molecule has 1 aliphatic rings. The molecule has 0 spiro atoms. The lowest BCUT2D eigenvalue weighted by molar-refractivity contribution is 0.510. The van der Waals surface area contributed by atoms with Gasteiger partial charge in [0.25, 0.3) is 0 Å². The lowest BCUT2D eigenvalue weighted by atomic mass is 9.87. The smallest absolute Gasteiger partial charge is 0.222 e. The lowest BCUT2D eigenvalue weighted by Crippen LogP contribution is -2.29. The molecule has 2 unspecified atom stereocenters. The summed E-state index contributed by atoms with van der Waals surface area (Å²) in [7, 11) is 1.79. The average Bonchev–Trinajstić information content (AvgIpc) is 3.07. The molecule has 0 bridgehead atoms. The number of nitrogens with zero attached hydrogens (tertiary/aromatic N) is 1. The minimum atomic E-state index is -3.36. The first-order valence-corrected chi connectivity index (χ1v) is 10.4. The van der Waals surface area contributed by atoms with Crippen LogP contribution in [0.2, 0.25) is 0 Å². The van der Waals surface area contributed by atoms with Crippen molar-refractivity contribution < 1.29 is 8.42 Å². The molecule has 0 fully saturated rings. The second kappa shape index (κ2) is 7.78. The zero-order chi connectivity index (χ0) is 18.7. The first-order valence-electron chi connectivity index (χ1n) is 8.93. The zero-order valence-corrected chi connectivity index (χ0v) is 16.4. The lowest BCUT2D eigenvalue weighted by Gasteiger charge is -2.21. The van der Waals surface area contributed by atoms with Crippen molar-refractivity contribution >= 4 is 15.7 Å². The van der Waals surface area contributed by atoms with Crippen molar-refractivity contribution in [2.24, 2.45) is 0 Å². The van der Waals surface area contributed by atoms with Gasteiger partial charge < -0.3 is 10.6 Å². The second-order valence-corrected chi connectivity index (χ2v) is 9.23. The van der Waals surface area contributed by atoms with Crippen LogP contribution in [0, 0.1) is 0 Å². The van der Waals surface area contributed by atoms with Gasteiger partial charge in [0.05, 0.1) is 0 Å². The van der Waals surface area contributed by atoms with E-state index in [1.54, 1.807) is 14.1 Å². The maximum Gasteiger partial charge on any atom is 0.222 e. The predicted octanol–water partition coefficient (Wildman–Crippen LogP) is 2.79. The molecule has 0 saturated carbocycles. The molecule has 3 rings (SSSR count). The van der Waals surface area contributed by atoms with Gasteiger partial charge in [0, 0.05) is 32.2 Å². The summed E-state index contributed by atoms with van der Waals surface area (Å²) in [5.41, 5.74) is 4.21. The number of rotatable bonds is 7. The van der Waals surface area contributed by atoms with E-state index in [4.69, 9.17) is 0 Å². The summed E-state index contributed by atoms with van der Waals surface area (Å²) in [6.45, 7) is 1.32. The molecule has 6 heteroatoms. The van der Waals surface area contributed by atoms with Gasteiger partial charge in [-0.15, -0.1) is 0 Å². The Bertz CT molecular complexity index is 851. The van der Waals surface area contributed by atoms with Crippen molar-refractivity contribution in [1.29, 1.82) is 0 Å². The molecule has 0 saturated heterocycles. The van der Waals surface area contributed by atoms with E-state index in [-0.39, 0.29) is 5.92 Å². The van der Waals surface area contributed by atoms with Gasteiger partial charge in [0.2, 0.25) is 10.0 Å². The molecular weight excluding hydrogens is 346 g/mol. The van der Waals surface area contributed by atoms with Gasteiger partial charge in [-0.1, -0.05) is 42.5 Å². The molecule has 2 atom stereocenters. The Labute approximate surface area is 156 Å². The van der Waals surface area contributed by atoms with Gasteiger partial charge in [-0.05, 0) is 42.8 Å². The van der Waals surface area contributed by atoms with Crippen LogP contribution >= 0.6 is 0 Å². The molecule has 5 nitrogen and oxygen atoms in total. The standard InChI is InChI=1S/C20H27N3O2S/c1-21-12-11-17(15-7-5-4-6-8-15)16-9-10-19-18(13-16)20(14-22-19)26(24,25)23(2)3/h4-10,13,17,20-22H,11-12,14H2,1-3H3. The predicted molar refractivity (Wildman–Crippen MR) is 107 cm³/mol. The third-order valence-electron chi connectivity index (χ3n) is 5.06. The van der Waals surface area contributed by atoms with Gasteiger partial charge in [0.15, 0.2) is 0 Å². The Morgan fingerprint density at radius 2 is 1.88 bits per heavy atom. The Morgan fingerprint density at radius 3 is 2.54 bits per heavy atom. The molecule has 1 aliphatic heterocycles. The SMILES string of the molecule is CNCCC(c1ccccc1)c1ccc2c(c1)C(S(=O)(=O)N(C)C)CN2. The van der Waals surface area contributed by atoms with Crippen molar-refractivity contribution in [2.75, 3.05) is 39.5 Å². The first kappa shape index (κ1) is 18.9. The Kier molecular flexibility index (Phi) is 5.65. The van der Waals surface area contributed by atoms with E-state index >= 15 is 0 Å². The van der Waals surface area contributed by atoms with Crippen LogP contribution in [0.15, 0.2) is 48.5 Å². The molecule has 2 aromatic carbocycles. The largest absolute Gasteiger partial charge is 0.383 e. The van der Waals surface area contributed by atoms with Crippen molar-refractivity contribution in [3.8, 4) is 0 Å². The van der Waals surface area contributed by atoms with E-state index in [0.717, 1.165) is 29.8 Å². The molecule has 0 radical (unpaired) electrons. The minimum absolute atomic E-state index is 0.234. The van der Waals surface area contributed by atoms with E-state index in [1.165, 1.54) is 9.87 Å². The maximum atomic E-state index is 12.7. The molecule has 2 aromatic rings. The van der Waals surface area contributed by atoms with Gasteiger partial charge in [-0.2, -0.15) is 0 Å². The first-order chi connectivity index (χ1) is 12.4. The van der Waals surface area contributed by atoms with Crippen LogP contribution in [0.4, 0.5) is 5.69 Å². The van der Waals surface area contributed by atoms with E-state index in [0.29, 0.717) is 6.54 Å². The van der Waals surface area contributed by atoms with Crippen molar-refractivity contribution in [3.05, 3.63) is 65.2 Å². The number of fused-ring (bicyclic) bond motifs is 1. The molecular formula is C20H27N3O2S. The van der Waals surface area contributed by atoms with Gasteiger partial charge >= 0.3 is 0 Å². The number of benzene rings is 2. The summed E-state index contributed by atoms with van der Waals surface area (Å²) in [5.74, 6) is 0.234. The fourth-order valence-electron chi connectivity index (χ4n) is 3.56. The monoisotopic (exact) mass is 373 g/mol. The normalized spacial score (nSPS) is 17.8. The third-order valence-corrected chi connectivity index (χ3v) is 7.21. The highest BCUT2D eigenvalue weighted by atomic mass is 32.2.